The van der Waals surface area contributed by atoms with E-state index < -0.39 is 45.0 Å². The highest BCUT2D eigenvalue weighted by Gasteiger charge is 2.35. The molecule has 0 amide bonds. The molecule has 0 saturated carbocycles. The van der Waals surface area contributed by atoms with Gasteiger partial charge in [-0.2, -0.15) is 16.8 Å². The molecule has 0 bridgehead atoms. The molecule has 0 spiro atoms. The molecule has 2 aromatic carbocycles. The van der Waals surface area contributed by atoms with Gasteiger partial charge in [0, 0.05) is 0 Å². The summed E-state index contributed by atoms with van der Waals surface area (Å²) in [4.78, 5) is 0.125. The van der Waals surface area contributed by atoms with E-state index in [1.807, 2.05) is 13.8 Å². The van der Waals surface area contributed by atoms with Crippen LogP contribution in [0.3, 0.4) is 0 Å². The van der Waals surface area contributed by atoms with Crippen LogP contribution < -0.4 is 0 Å². The molecule has 2 aliphatic rings. The van der Waals surface area contributed by atoms with Crippen LogP contribution >= 0.6 is 0 Å². The van der Waals surface area contributed by atoms with Crippen LogP contribution in [-0.2, 0) is 47.5 Å². The maximum absolute atomic E-state index is 12.4. The van der Waals surface area contributed by atoms with Gasteiger partial charge < -0.3 is 23.4 Å². The van der Waals surface area contributed by atoms with Crippen LogP contribution in [0.5, 0.6) is 0 Å². The van der Waals surface area contributed by atoms with Crippen LogP contribution in [0.1, 0.15) is 35.2 Å². The molecule has 11 nitrogen and oxygen atoms in total. The normalized spacial score (nSPS) is 23.8. The number of aryl methyl sites for hydroxylation is 2. The number of rotatable bonds is 10. The molecule has 2 saturated heterocycles. The molecule has 5 rings (SSSR count). The molecule has 39 heavy (non-hydrogen) atoms. The number of hydrogen-bond acceptors (Lipinski definition) is 11. The lowest BCUT2D eigenvalue weighted by molar-refractivity contribution is -0.0941. The largest absolute Gasteiger partial charge is 0.455 e. The van der Waals surface area contributed by atoms with Gasteiger partial charge in [0.2, 0.25) is 12.6 Å². The Morgan fingerprint density at radius 2 is 1.03 bits per heavy atom. The molecule has 4 atom stereocenters. The monoisotopic (exact) mass is 580 g/mol. The first-order valence-corrected chi connectivity index (χ1v) is 15.0. The Balaban J connectivity index is 1.10. The first-order valence-electron chi connectivity index (χ1n) is 12.1. The van der Waals surface area contributed by atoms with Gasteiger partial charge in [-0.1, -0.05) is 35.4 Å². The first-order chi connectivity index (χ1) is 18.6. The van der Waals surface area contributed by atoms with Gasteiger partial charge in [-0.15, -0.1) is 0 Å². The van der Waals surface area contributed by atoms with Gasteiger partial charge in [0.25, 0.3) is 20.2 Å². The van der Waals surface area contributed by atoms with Gasteiger partial charge in [-0.05, 0) is 50.2 Å². The summed E-state index contributed by atoms with van der Waals surface area (Å²) in [6, 6.07) is 16.0. The molecule has 2 fully saturated rings. The van der Waals surface area contributed by atoms with E-state index in [0.717, 1.165) is 11.1 Å². The summed E-state index contributed by atoms with van der Waals surface area (Å²) >= 11 is 0. The second kappa shape index (κ2) is 11.5. The molecule has 2 aliphatic heterocycles. The van der Waals surface area contributed by atoms with E-state index in [2.05, 4.69) is 0 Å². The summed E-state index contributed by atoms with van der Waals surface area (Å²) < 4.78 is 88.4. The number of ether oxygens (including phenoxy) is 4. The van der Waals surface area contributed by atoms with E-state index in [9.17, 15) is 16.8 Å². The van der Waals surface area contributed by atoms with Crippen molar-refractivity contribution in [2.45, 2.75) is 48.4 Å². The molecular formula is C26H28O11S2. The van der Waals surface area contributed by atoms with E-state index in [-0.39, 0.29) is 36.2 Å². The van der Waals surface area contributed by atoms with Crippen LogP contribution in [0.15, 0.2) is 74.9 Å². The zero-order valence-electron chi connectivity index (χ0n) is 21.2. The average molecular weight is 581 g/mol. The fourth-order valence-electron chi connectivity index (χ4n) is 3.87. The molecule has 1 aromatic heterocycles. The number of furan rings is 1. The Morgan fingerprint density at radius 1 is 0.641 bits per heavy atom. The fourth-order valence-corrected chi connectivity index (χ4v) is 5.74. The van der Waals surface area contributed by atoms with Crippen LogP contribution in [-0.4, -0.2) is 55.5 Å². The maximum Gasteiger partial charge on any atom is 0.297 e. The second-order valence-electron chi connectivity index (χ2n) is 9.19. The smallest absolute Gasteiger partial charge is 0.297 e. The van der Waals surface area contributed by atoms with Crippen molar-refractivity contribution in [2.24, 2.45) is 0 Å². The Kier molecular flexibility index (Phi) is 8.21. The zero-order chi connectivity index (χ0) is 27.6. The Labute approximate surface area is 226 Å². The Hall–Kier alpha value is -2.62. The summed E-state index contributed by atoms with van der Waals surface area (Å²) in [6.07, 6.45) is -2.98. The van der Waals surface area contributed by atoms with Gasteiger partial charge in [-0.3, -0.25) is 8.37 Å². The summed E-state index contributed by atoms with van der Waals surface area (Å²) in [5, 5.41) is 0. The van der Waals surface area contributed by atoms with Crippen molar-refractivity contribution in [3.63, 3.8) is 0 Å². The van der Waals surface area contributed by atoms with E-state index >= 15 is 0 Å². The number of hydrogen-bond donors (Lipinski definition) is 0. The van der Waals surface area contributed by atoms with Crippen molar-refractivity contribution in [1.29, 1.82) is 0 Å². The van der Waals surface area contributed by atoms with Crippen LogP contribution in [0.25, 0.3) is 0 Å². The lowest BCUT2D eigenvalue weighted by Gasteiger charge is -2.12. The molecule has 3 heterocycles. The second-order valence-corrected chi connectivity index (χ2v) is 12.4. The van der Waals surface area contributed by atoms with Gasteiger partial charge in [0.1, 0.15) is 12.2 Å². The van der Waals surface area contributed by atoms with Gasteiger partial charge in [0.15, 0.2) is 11.5 Å². The van der Waals surface area contributed by atoms with Crippen molar-refractivity contribution in [2.75, 3.05) is 26.4 Å². The lowest BCUT2D eigenvalue weighted by Crippen LogP contribution is -2.21. The topological polar surface area (TPSA) is 137 Å². The third-order valence-electron chi connectivity index (χ3n) is 6.05. The lowest BCUT2D eigenvalue weighted by atomic mass is 10.2. The minimum atomic E-state index is -3.93. The fraction of sp³-hybridized carbons (Fsp3) is 0.385. The molecule has 210 valence electrons. The molecule has 4 unspecified atom stereocenters. The average Bonchev–Trinajstić information content (AvgIpc) is 3.68. The molecule has 0 radical (unpaired) electrons. The maximum atomic E-state index is 12.4. The van der Waals surface area contributed by atoms with Gasteiger partial charge >= 0.3 is 0 Å². The Bertz CT molecular complexity index is 1370. The van der Waals surface area contributed by atoms with E-state index in [1.54, 1.807) is 36.4 Å². The summed E-state index contributed by atoms with van der Waals surface area (Å²) in [6.45, 7) is 3.49. The quantitative estimate of drug-likeness (QED) is 0.326. The van der Waals surface area contributed by atoms with Crippen LogP contribution in [0.4, 0.5) is 0 Å². The van der Waals surface area contributed by atoms with E-state index in [0.29, 0.717) is 11.5 Å². The van der Waals surface area contributed by atoms with Crippen LogP contribution in [0.2, 0.25) is 0 Å². The molecule has 0 N–H and O–H groups in total. The van der Waals surface area contributed by atoms with Crippen molar-refractivity contribution in [3.05, 3.63) is 83.3 Å². The van der Waals surface area contributed by atoms with E-state index in [1.165, 1.54) is 24.3 Å². The molecule has 0 aliphatic carbocycles. The molecule has 13 heteroatoms. The van der Waals surface area contributed by atoms with Crippen molar-refractivity contribution in [3.8, 4) is 0 Å². The van der Waals surface area contributed by atoms with Gasteiger partial charge in [0.05, 0.1) is 36.2 Å². The highest BCUT2D eigenvalue weighted by Crippen LogP contribution is 2.34. The zero-order valence-corrected chi connectivity index (χ0v) is 22.9. The highest BCUT2D eigenvalue weighted by molar-refractivity contribution is 7.87. The third-order valence-corrected chi connectivity index (χ3v) is 8.64. The standard InChI is InChI=1S/C26H28O11S2/c1-17-3-7-21(8-4-17)38(27,28)33-15-19-13-31-25(35-19)23-11-12-24(37-23)26-32-14-20(36-26)16-34-39(29,30)22-9-5-18(2)6-10-22/h3-12,19-20,25-26H,13-16H2,1-2H3. The molecule has 3 aromatic rings. The summed E-state index contributed by atoms with van der Waals surface area (Å²) in [5.74, 6) is 0.672. The summed E-state index contributed by atoms with van der Waals surface area (Å²) in [5.41, 5.74) is 1.87. The van der Waals surface area contributed by atoms with Crippen molar-refractivity contribution in [1.82, 2.24) is 0 Å². The predicted molar refractivity (Wildman–Crippen MR) is 134 cm³/mol. The van der Waals surface area contributed by atoms with Crippen LogP contribution in [0, 0.1) is 13.8 Å². The van der Waals surface area contributed by atoms with E-state index in [4.69, 9.17) is 31.7 Å². The van der Waals surface area contributed by atoms with Gasteiger partial charge in [-0.25, -0.2) is 0 Å². The third kappa shape index (κ3) is 6.76. The highest BCUT2D eigenvalue weighted by atomic mass is 32.2. The molecular weight excluding hydrogens is 552 g/mol. The first kappa shape index (κ1) is 27.9. The minimum absolute atomic E-state index is 0.0623. The van der Waals surface area contributed by atoms with Crippen molar-refractivity contribution < 1.29 is 48.6 Å². The predicted octanol–water partition coefficient (Wildman–Crippen LogP) is 3.54. The minimum Gasteiger partial charge on any atom is -0.455 e. The summed E-state index contributed by atoms with van der Waals surface area (Å²) in [7, 11) is -7.86. The number of benzene rings is 2. The van der Waals surface area contributed by atoms with Crippen molar-refractivity contribution >= 4 is 20.2 Å². The Morgan fingerprint density at radius 3 is 1.41 bits per heavy atom. The SMILES string of the molecule is Cc1ccc(S(=O)(=O)OCC2COC(c3ccc(C4OCC(COS(=O)(=O)c5ccc(C)cc5)O4)o3)O2)cc1.